The van der Waals surface area contributed by atoms with Gasteiger partial charge in [-0.1, -0.05) is 6.92 Å². The number of ether oxygens (including phenoxy) is 1. The van der Waals surface area contributed by atoms with Crippen LogP contribution in [0.1, 0.15) is 32.8 Å². The van der Waals surface area contributed by atoms with Crippen LogP contribution >= 0.6 is 0 Å². The van der Waals surface area contributed by atoms with E-state index in [0.29, 0.717) is 24.2 Å². The highest BCUT2D eigenvalue weighted by atomic mass is 32.2. The van der Waals surface area contributed by atoms with Gasteiger partial charge in [-0.25, -0.2) is 8.42 Å². The SMILES string of the molecule is Cc1cc(OCC2CC2C)nc(N(C)S(=O)(=O)C(C)C)c1. The van der Waals surface area contributed by atoms with Gasteiger partial charge in [0.2, 0.25) is 15.9 Å². The molecule has 0 aromatic carbocycles. The smallest absolute Gasteiger partial charge is 0.238 e. The number of nitrogens with zero attached hydrogens (tertiary/aromatic N) is 2. The first kappa shape index (κ1) is 16.1. The van der Waals surface area contributed by atoms with Crippen molar-refractivity contribution in [3.63, 3.8) is 0 Å². The first-order chi connectivity index (χ1) is 9.71. The summed E-state index contributed by atoms with van der Waals surface area (Å²) >= 11 is 0. The zero-order valence-corrected chi connectivity index (χ0v) is 14.1. The Kier molecular flexibility index (Phi) is 4.46. The Bertz CT molecular complexity index is 613. The van der Waals surface area contributed by atoms with Crippen LogP contribution in [0.5, 0.6) is 5.88 Å². The van der Waals surface area contributed by atoms with Crippen molar-refractivity contribution in [2.24, 2.45) is 11.8 Å². The molecule has 1 saturated carbocycles. The van der Waals surface area contributed by atoms with E-state index >= 15 is 0 Å². The second kappa shape index (κ2) is 5.83. The Morgan fingerprint density at radius 3 is 2.57 bits per heavy atom. The maximum atomic E-state index is 12.2. The predicted octanol–water partition coefficient (Wildman–Crippen LogP) is 2.60. The van der Waals surface area contributed by atoms with Crippen LogP contribution in [-0.4, -0.2) is 32.3 Å². The molecule has 21 heavy (non-hydrogen) atoms. The quantitative estimate of drug-likeness (QED) is 0.810. The molecule has 1 fully saturated rings. The van der Waals surface area contributed by atoms with Gasteiger partial charge in [0, 0.05) is 13.1 Å². The average molecular weight is 312 g/mol. The second-order valence-electron chi connectivity index (χ2n) is 6.19. The molecule has 0 spiro atoms. The van der Waals surface area contributed by atoms with Gasteiger partial charge in [0.05, 0.1) is 11.9 Å². The van der Waals surface area contributed by atoms with Crippen LogP contribution in [0.25, 0.3) is 0 Å². The summed E-state index contributed by atoms with van der Waals surface area (Å²) in [7, 11) is -1.84. The summed E-state index contributed by atoms with van der Waals surface area (Å²) in [5, 5.41) is -0.485. The highest BCUT2D eigenvalue weighted by Gasteiger charge is 2.33. The molecule has 0 N–H and O–H groups in total. The summed E-state index contributed by atoms with van der Waals surface area (Å²) in [6, 6.07) is 3.60. The van der Waals surface area contributed by atoms with Gasteiger partial charge in [0.25, 0.3) is 0 Å². The van der Waals surface area contributed by atoms with Crippen LogP contribution in [-0.2, 0) is 10.0 Å². The third kappa shape index (κ3) is 3.67. The number of anilines is 1. The predicted molar refractivity (Wildman–Crippen MR) is 84.2 cm³/mol. The molecule has 0 aliphatic heterocycles. The number of pyridine rings is 1. The summed E-state index contributed by atoms with van der Waals surface area (Å²) in [4.78, 5) is 4.33. The molecular formula is C15H24N2O3S. The molecule has 118 valence electrons. The van der Waals surface area contributed by atoms with Gasteiger partial charge in [-0.15, -0.1) is 0 Å². The van der Waals surface area contributed by atoms with Crippen LogP contribution < -0.4 is 9.04 Å². The molecule has 2 rings (SSSR count). The van der Waals surface area contributed by atoms with E-state index in [1.165, 1.54) is 17.8 Å². The van der Waals surface area contributed by atoms with Gasteiger partial charge in [-0.2, -0.15) is 4.98 Å². The van der Waals surface area contributed by atoms with Gasteiger partial charge < -0.3 is 4.74 Å². The van der Waals surface area contributed by atoms with Crippen molar-refractivity contribution in [2.45, 2.75) is 39.4 Å². The van der Waals surface area contributed by atoms with Crippen molar-refractivity contribution in [3.05, 3.63) is 17.7 Å². The number of sulfonamides is 1. The number of hydrogen-bond acceptors (Lipinski definition) is 4. The average Bonchev–Trinajstić information content (AvgIpc) is 3.10. The molecule has 2 atom stereocenters. The van der Waals surface area contributed by atoms with E-state index in [2.05, 4.69) is 11.9 Å². The topological polar surface area (TPSA) is 59.5 Å². The van der Waals surface area contributed by atoms with Gasteiger partial charge in [-0.3, -0.25) is 4.31 Å². The maximum Gasteiger partial charge on any atom is 0.238 e. The fourth-order valence-corrected chi connectivity index (χ4v) is 3.11. The highest BCUT2D eigenvalue weighted by Crippen LogP contribution is 2.37. The molecule has 1 heterocycles. The van der Waals surface area contributed by atoms with Crippen molar-refractivity contribution < 1.29 is 13.2 Å². The van der Waals surface area contributed by atoms with E-state index in [1.807, 2.05) is 13.0 Å². The molecule has 1 aliphatic rings. The summed E-state index contributed by atoms with van der Waals surface area (Å²) in [6.45, 7) is 8.08. The lowest BCUT2D eigenvalue weighted by Crippen LogP contribution is -2.33. The molecular weight excluding hydrogens is 288 g/mol. The largest absolute Gasteiger partial charge is 0.477 e. The molecule has 1 aromatic heterocycles. The second-order valence-corrected chi connectivity index (χ2v) is 8.71. The molecule has 0 bridgehead atoms. The van der Waals surface area contributed by atoms with Crippen LogP contribution in [0.15, 0.2) is 12.1 Å². The number of aryl methyl sites for hydroxylation is 1. The number of rotatable bonds is 6. The van der Waals surface area contributed by atoms with Crippen LogP contribution in [0, 0.1) is 18.8 Å². The van der Waals surface area contributed by atoms with Gasteiger partial charge in [0.15, 0.2) is 0 Å². The summed E-state index contributed by atoms with van der Waals surface area (Å²) in [5.41, 5.74) is 0.935. The first-order valence-corrected chi connectivity index (χ1v) is 8.81. The normalized spacial score (nSPS) is 21.4. The summed E-state index contributed by atoms with van der Waals surface area (Å²) in [5.74, 6) is 2.23. The fourth-order valence-electron chi connectivity index (χ4n) is 2.12. The minimum Gasteiger partial charge on any atom is -0.477 e. The van der Waals surface area contributed by atoms with Crippen molar-refractivity contribution in [1.82, 2.24) is 4.98 Å². The van der Waals surface area contributed by atoms with Crippen LogP contribution in [0.2, 0.25) is 0 Å². The van der Waals surface area contributed by atoms with Crippen LogP contribution in [0.4, 0.5) is 5.82 Å². The van der Waals surface area contributed by atoms with E-state index in [1.54, 1.807) is 19.9 Å². The Hall–Kier alpha value is -1.30. The van der Waals surface area contributed by atoms with E-state index in [-0.39, 0.29) is 0 Å². The van der Waals surface area contributed by atoms with Gasteiger partial charge in [0.1, 0.15) is 5.82 Å². The maximum absolute atomic E-state index is 12.2. The fraction of sp³-hybridized carbons (Fsp3) is 0.667. The summed E-state index contributed by atoms with van der Waals surface area (Å²) < 4.78 is 31.4. The Morgan fingerprint density at radius 2 is 2.05 bits per heavy atom. The third-order valence-electron chi connectivity index (χ3n) is 3.95. The highest BCUT2D eigenvalue weighted by molar-refractivity contribution is 7.93. The van der Waals surface area contributed by atoms with Crippen molar-refractivity contribution in [1.29, 1.82) is 0 Å². The number of hydrogen-bond donors (Lipinski definition) is 0. The monoisotopic (exact) mass is 312 g/mol. The minimum absolute atomic E-state index is 0.405. The number of aromatic nitrogens is 1. The standard InChI is InChI=1S/C15H24N2O3S/c1-10(2)21(18,19)17(5)14-6-11(3)7-15(16-14)20-9-13-8-12(13)4/h6-7,10,12-13H,8-9H2,1-5H3. The molecule has 1 aliphatic carbocycles. The van der Waals surface area contributed by atoms with Gasteiger partial charge >= 0.3 is 0 Å². The van der Waals surface area contributed by atoms with E-state index in [4.69, 9.17) is 4.74 Å². The van der Waals surface area contributed by atoms with Crippen molar-refractivity contribution >= 4 is 15.8 Å². The third-order valence-corrected chi connectivity index (χ3v) is 6.10. The Balaban J connectivity index is 2.18. The lowest BCUT2D eigenvalue weighted by molar-refractivity contribution is 0.282. The van der Waals surface area contributed by atoms with Gasteiger partial charge in [-0.05, 0) is 50.7 Å². The Morgan fingerprint density at radius 1 is 1.43 bits per heavy atom. The van der Waals surface area contributed by atoms with Crippen molar-refractivity contribution in [2.75, 3.05) is 18.0 Å². The van der Waals surface area contributed by atoms with Crippen LogP contribution in [0.3, 0.4) is 0 Å². The minimum atomic E-state index is -3.38. The Labute approximate surface area is 127 Å². The van der Waals surface area contributed by atoms with E-state index in [0.717, 1.165) is 11.5 Å². The first-order valence-electron chi connectivity index (χ1n) is 7.31. The molecule has 6 heteroatoms. The molecule has 0 radical (unpaired) electrons. The van der Waals surface area contributed by atoms with E-state index < -0.39 is 15.3 Å². The lowest BCUT2D eigenvalue weighted by atomic mass is 10.3. The lowest BCUT2D eigenvalue weighted by Gasteiger charge is -2.21. The molecule has 5 nitrogen and oxygen atoms in total. The molecule has 0 amide bonds. The van der Waals surface area contributed by atoms with E-state index in [9.17, 15) is 8.42 Å². The summed E-state index contributed by atoms with van der Waals surface area (Å²) in [6.07, 6.45) is 1.19. The molecule has 2 unspecified atom stereocenters. The zero-order chi connectivity index (χ0) is 15.8. The molecule has 0 saturated heterocycles. The molecule has 1 aromatic rings. The zero-order valence-electron chi connectivity index (χ0n) is 13.3. The van der Waals surface area contributed by atoms with Crippen molar-refractivity contribution in [3.8, 4) is 5.88 Å².